The van der Waals surface area contributed by atoms with Crippen LogP contribution in [0.1, 0.15) is 89.3 Å². The highest BCUT2D eigenvalue weighted by atomic mass is 79.9. The fourth-order valence-electron chi connectivity index (χ4n) is 7.02. The lowest BCUT2D eigenvalue weighted by atomic mass is 9.97. The summed E-state index contributed by atoms with van der Waals surface area (Å²) in [6.45, 7) is 9.78. The fraction of sp³-hybridized carbons (Fsp3) is 0.659. The summed E-state index contributed by atoms with van der Waals surface area (Å²) in [5.41, 5.74) is 1.79. The van der Waals surface area contributed by atoms with Gasteiger partial charge in [0, 0.05) is 66.8 Å². The Bertz CT molecular complexity index is 1640. The Kier molecular flexibility index (Phi) is 21.4. The predicted octanol–water partition coefficient (Wildman–Crippen LogP) is 4.57. The first-order valence-corrected chi connectivity index (χ1v) is 23.2. The molecule has 0 spiro atoms. The van der Waals surface area contributed by atoms with E-state index in [1.54, 1.807) is 12.2 Å². The van der Waals surface area contributed by atoms with Crippen LogP contribution in [0.5, 0.6) is 0 Å². The third kappa shape index (κ3) is 18.9. The van der Waals surface area contributed by atoms with Gasteiger partial charge >= 0.3 is 18.0 Å². The summed E-state index contributed by atoms with van der Waals surface area (Å²) < 4.78 is 23.4. The largest absolute Gasteiger partial charge is 0.462 e. The van der Waals surface area contributed by atoms with Crippen LogP contribution in [0.15, 0.2) is 39.7 Å². The van der Waals surface area contributed by atoms with Crippen LogP contribution < -0.4 is 26.6 Å². The van der Waals surface area contributed by atoms with Gasteiger partial charge in [-0.25, -0.2) is 14.6 Å². The molecule has 2 fully saturated rings. The van der Waals surface area contributed by atoms with Gasteiger partial charge in [-0.1, -0.05) is 47.0 Å². The lowest BCUT2D eigenvalue weighted by molar-refractivity contribution is -0.149. The van der Waals surface area contributed by atoms with E-state index in [9.17, 15) is 24.0 Å². The fourth-order valence-corrected chi connectivity index (χ4v) is 9.82. The molecule has 4 heterocycles. The summed E-state index contributed by atoms with van der Waals surface area (Å²) in [6.07, 6.45) is 10.5. The van der Waals surface area contributed by atoms with Gasteiger partial charge in [-0.05, 0) is 50.6 Å². The molecule has 0 saturated carbocycles. The topological polar surface area (TPSA) is 195 Å². The van der Waals surface area contributed by atoms with E-state index in [0.717, 1.165) is 45.8 Å². The number of unbranched alkanes of at least 4 members (excludes halogenated alkanes) is 1. The lowest BCUT2D eigenvalue weighted by Gasteiger charge is -2.22. The summed E-state index contributed by atoms with van der Waals surface area (Å²) in [6, 6.07) is -0.0133. The Balaban J connectivity index is 1.11. The highest BCUT2D eigenvalue weighted by Crippen LogP contribution is 2.33. The van der Waals surface area contributed by atoms with Crippen LogP contribution in [0, 0.1) is 0 Å². The average Bonchev–Trinajstić information content (AvgIpc) is 3.88. The van der Waals surface area contributed by atoms with Crippen LogP contribution in [0.3, 0.4) is 0 Å². The number of nitrogens with one attached hydrogen (secondary N) is 5. The number of nitrogens with zero attached hydrogens (tertiary/aromatic N) is 1. The monoisotopic (exact) mass is 924 g/mol. The van der Waals surface area contributed by atoms with Crippen molar-refractivity contribution in [3.05, 3.63) is 50.4 Å². The van der Waals surface area contributed by atoms with Crippen molar-refractivity contribution in [3.63, 3.8) is 0 Å². The molecule has 2 saturated heterocycles. The molecule has 5 N–H and O–H groups in total. The Morgan fingerprint density at radius 2 is 1.75 bits per heavy atom. The summed E-state index contributed by atoms with van der Waals surface area (Å²) in [7, 11) is 0. The number of ether oxygens (including phenoxy) is 4. The molecule has 0 aliphatic carbocycles. The van der Waals surface area contributed by atoms with E-state index in [2.05, 4.69) is 42.5 Å². The molecule has 7 atom stereocenters. The highest BCUT2D eigenvalue weighted by Gasteiger charge is 2.42. The van der Waals surface area contributed by atoms with Gasteiger partial charge in [-0.2, -0.15) is 11.8 Å². The third-order valence-electron chi connectivity index (χ3n) is 9.88. The minimum atomic E-state index is -0.503. The standard InChI is InChI=1S/C41H61BrN6O9S2/c1-26-8-7-11-38(51)57-31(20-28(3)42)22-37-46-32(24-59-37)27(2)19-30(21-39(52)56-29(4)18-26)45-23-36(50)44-13-15-55-17-16-54-14-12-43-35(49)10-6-5-9-34-40-33(25-58-34)47-41(53)48-40/h7-8,11,20,24,27,29-31,33-34,40,45H,5-6,9-10,12-19,21-23,25H2,1-4H3,(H,43,49)(H,44,50)(H2,47,48,53)/b11-7-,26-8+,28-20+/t27-,29-,30+,31?,33?,34?,40?/m0/s1. The van der Waals surface area contributed by atoms with Gasteiger partial charge in [0.05, 0.1) is 62.2 Å². The number of hydrogen-bond acceptors (Lipinski definition) is 13. The van der Waals surface area contributed by atoms with Crippen molar-refractivity contribution in [2.75, 3.05) is 51.8 Å². The average molecular weight is 926 g/mol. The zero-order valence-electron chi connectivity index (χ0n) is 34.6. The molecule has 4 unspecified atom stereocenters. The summed E-state index contributed by atoms with van der Waals surface area (Å²) >= 11 is 6.82. The van der Waals surface area contributed by atoms with Gasteiger partial charge in [-0.3, -0.25) is 14.4 Å². The van der Waals surface area contributed by atoms with Crippen LogP contribution in [0.2, 0.25) is 0 Å². The first-order chi connectivity index (χ1) is 28.3. The number of allylic oxidation sites excluding steroid dienone is 3. The summed E-state index contributed by atoms with van der Waals surface area (Å²) in [4.78, 5) is 66.9. The number of rotatable bonds is 18. The van der Waals surface area contributed by atoms with E-state index in [1.165, 1.54) is 17.4 Å². The summed E-state index contributed by atoms with van der Waals surface area (Å²) in [5, 5.41) is 18.1. The normalized spacial score (nSPS) is 27.1. The van der Waals surface area contributed by atoms with Crippen molar-refractivity contribution >= 4 is 68.8 Å². The molecule has 4 amide bonds. The molecule has 0 radical (unpaired) electrons. The van der Waals surface area contributed by atoms with Crippen molar-refractivity contribution in [3.8, 4) is 0 Å². The molecule has 18 heteroatoms. The predicted molar refractivity (Wildman–Crippen MR) is 233 cm³/mol. The number of amides is 4. The molecule has 2 bridgehead atoms. The van der Waals surface area contributed by atoms with Gasteiger partial charge in [0.15, 0.2) is 0 Å². The first kappa shape index (κ1) is 48.4. The SMILES string of the molecule is C/C(Br)=C\C1Cc2nc(cs2)[C@@H](C)C[C@@H](NCC(=O)NCCOCCOCCNC(=O)CCCCC2SCC3NC(=O)NC32)CC(=O)O[C@@H](C)C/C(C)=C/C=C\C(=O)O1. The van der Waals surface area contributed by atoms with Crippen LogP contribution in [0.4, 0.5) is 4.79 Å². The Hall–Kier alpha value is -3.29. The van der Waals surface area contributed by atoms with Crippen molar-refractivity contribution in [2.45, 2.75) is 121 Å². The molecule has 1 aromatic rings. The number of esters is 2. The molecule has 15 nitrogen and oxygen atoms in total. The Labute approximate surface area is 364 Å². The van der Waals surface area contributed by atoms with Crippen LogP contribution in [-0.2, 0) is 44.5 Å². The maximum atomic E-state index is 13.1. The van der Waals surface area contributed by atoms with Gasteiger partial charge in [0.25, 0.3) is 0 Å². The number of hydrogen-bond donors (Lipinski definition) is 5. The van der Waals surface area contributed by atoms with Gasteiger partial charge in [0.1, 0.15) is 12.2 Å². The van der Waals surface area contributed by atoms with Crippen molar-refractivity contribution in [1.82, 2.24) is 31.6 Å². The van der Waals surface area contributed by atoms with Crippen LogP contribution in [-0.4, -0.2) is 122 Å². The number of aromatic nitrogens is 1. The van der Waals surface area contributed by atoms with E-state index in [1.807, 2.05) is 50.9 Å². The van der Waals surface area contributed by atoms with Gasteiger partial charge in [0.2, 0.25) is 11.8 Å². The second-order valence-electron chi connectivity index (χ2n) is 15.2. The number of halogens is 1. The molecule has 3 aliphatic heterocycles. The van der Waals surface area contributed by atoms with Crippen LogP contribution >= 0.6 is 39.0 Å². The highest BCUT2D eigenvalue weighted by molar-refractivity contribution is 9.11. The quantitative estimate of drug-likeness (QED) is 0.0784. The second-order valence-corrected chi connectivity index (χ2v) is 18.7. The smallest absolute Gasteiger partial charge is 0.331 e. The Morgan fingerprint density at radius 3 is 2.49 bits per heavy atom. The molecule has 59 heavy (non-hydrogen) atoms. The van der Waals surface area contributed by atoms with E-state index in [4.69, 9.17) is 23.9 Å². The molecule has 328 valence electrons. The van der Waals surface area contributed by atoms with Crippen LogP contribution in [0.25, 0.3) is 0 Å². The third-order valence-corrected chi connectivity index (χ3v) is 12.5. The number of fused-ring (bicyclic) bond motifs is 3. The maximum absolute atomic E-state index is 13.1. The van der Waals surface area contributed by atoms with Gasteiger partial charge < -0.3 is 45.5 Å². The molecule has 4 rings (SSSR count). The number of thiazole rings is 1. The molecule has 3 aliphatic rings. The molecule has 0 aromatic carbocycles. The second kappa shape index (κ2) is 26.1. The summed E-state index contributed by atoms with van der Waals surface area (Å²) in [5.74, 6) is -0.155. The van der Waals surface area contributed by atoms with Crippen molar-refractivity contribution in [1.29, 1.82) is 0 Å². The minimum absolute atomic E-state index is 0.00295. The van der Waals surface area contributed by atoms with E-state index < -0.39 is 12.1 Å². The Morgan fingerprint density at radius 1 is 1.00 bits per heavy atom. The zero-order chi connectivity index (χ0) is 42.6. The lowest BCUT2D eigenvalue weighted by Crippen LogP contribution is -2.42. The molecule has 1 aromatic heterocycles. The molecular weight excluding hydrogens is 865 g/mol. The molecular formula is C41H61BrN6O9S2. The van der Waals surface area contributed by atoms with Crippen molar-refractivity contribution < 1.29 is 42.9 Å². The number of urea groups is 1. The van der Waals surface area contributed by atoms with E-state index >= 15 is 0 Å². The number of thioether (sulfide) groups is 1. The minimum Gasteiger partial charge on any atom is -0.462 e. The van der Waals surface area contributed by atoms with Gasteiger partial charge in [-0.15, -0.1) is 11.3 Å². The van der Waals surface area contributed by atoms with Crippen molar-refractivity contribution in [2.24, 2.45) is 0 Å². The zero-order valence-corrected chi connectivity index (χ0v) is 37.8. The first-order valence-electron chi connectivity index (χ1n) is 20.5. The maximum Gasteiger partial charge on any atom is 0.331 e. The van der Waals surface area contributed by atoms with E-state index in [-0.39, 0.29) is 66.9 Å². The number of carbonyl (C=O) groups is 5. The number of cyclic esters (lactones) is 2. The van der Waals surface area contributed by atoms with E-state index in [0.29, 0.717) is 70.5 Å². The number of carbonyl (C=O) groups excluding carboxylic acids is 5.